The van der Waals surface area contributed by atoms with Crippen LogP contribution in [0.2, 0.25) is 0 Å². The molecule has 0 aliphatic carbocycles. The molecule has 2 rings (SSSR count). The second-order valence-corrected chi connectivity index (χ2v) is 5.79. The molecule has 0 bridgehead atoms. The van der Waals surface area contributed by atoms with Gasteiger partial charge >= 0.3 is 5.97 Å². The SMILES string of the molecule is CCOc1ccc(NC(=O)[C@H](C)OC(=O)c2ccc(OC)c(OCC)c2)cc1. The Kier molecular flexibility index (Phi) is 7.68. The third-order valence-corrected chi connectivity index (χ3v) is 3.79. The maximum absolute atomic E-state index is 12.4. The van der Waals surface area contributed by atoms with E-state index in [2.05, 4.69) is 5.32 Å². The first-order valence-corrected chi connectivity index (χ1v) is 9.04. The molecule has 0 aromatic heterocycles. The highest BCUT2D eigenvalue weighted by Crippen LogP contribution is 2.28. The molecule has 0 aliphatic heterocycles. The lowest BCUT2D eigenvalue weighted by Gasteiger charge is -2.15. The van der Waals surface area contributed by atoms with E-state index in [1.165, 1.54) is 20.1 Å². The Balaban J connectivity index is 1.99. The molecule has 0 fully saturated rings. The third kappa shape index (κ3) is 5.64. The number of hydrogen-bond acceptors (Lipinski definition) is 6. The van der Waals surface area contributed by atoms with Crippen LogP contribution >= 0.6 is 0 Å². The van der Waals surface area contributed by atoms with E-state index in [9.17, 15) is 9.59 Å². The van der Waals surface area contributed by atoms with Crippen molar-refractivity contribution in [2.45, 2.75) is 26.9 Å². The fourth-order valence-electron chi connectivity index (χ4n) is 2.40. The number of benzene rings is 2. The fourth-order valence-corrected chi connectivity index (χ4v) is 2.40. The molecule has 0 saturated heterocycles. The van der Waals surface area contributed by atoms with Crippen LogP contribution in [-0.4, -0.2) is 38.3 Å². The molecule has 0 aliphatic rings. The van der Waals surface area contributed by atoms with Gasteiger partial charge in [0.2, 0.25) is 0 Å². The monoisotopic (exact) mass is 387 g/mol. The molecular weight excluding hydrogens is 362 g/mol. The van der Waals surface area contributed by atoms with Crippen molar-refractivity contribution in [2.24, 2.45) is 0 Å². The van der Waals surface area contributed by atoms with E-state index in [1.807, 2.05) is 13.8 Å². The smallest absolute Gasteiger partial charge is 0.339 e. The van der Waals surface area contributed by atoms with Gasteiger partial charge in [0.15, 0.2) is 17.6 Å². The lowest BCUT2D eigenvalue weighted by Crippen LogP contribution is -2.30. The average molecular weight is 387 g/mol. The van der Waals surface area contributed by atoms with Crippen molar-refractivity contribution in [1.29, 1.82) is 0 Å². The summed E-state index contributed by atoms with van der Waals surface area (Å²) in [5.41, 5.74) is 0.851. The van der Waals surface area contributed by atoms with Gasteiger partial charge in [-0.2, -0.15) is 0 Å². The average Bonchev–Trinajstić information content (AvgIpc) is 2.69. The fraction of sp³-hybridized carbons (Fsp3) is 0.333. The van der Waals surface area contributed by atoms with Crippen LogP contribution in [0.1, 0.15) is 31.1 Å². The molecule has 150 valence electrons. The largest absolute Gasteiger partial charge is 0.494 e. The van der Waals surface area contributed by atoms with Gasteiger partial charge in [-0.3, -0.25) is 4.79 Å². The number of hydrogen-bond donors (Lipinski definition) is 1. The number of methoxy groups -OCH3 is 1. The summed E-state index contributed by atoms with van der Waals surface area (Å²) in [6.45, 7) is 6.23. The van der Waals surface area contributed by atoms with E-state index >= 15 is 0 Å². The van der Waals surface area contributed by atoms with Crippen LogP contribution in [-0.2, 0) is 9.53 Å². The van der Waals surface area contributed by atoms with E-state index in [1.54, 1.807) is 36.4 Å². The summed E-state index contributed by atoms with van der Waals surface area (Å²) in [6, 6.07) is 11.6. The Morgan fingerprint density at radius 3 is 2.25 bits per heavy atom. The maximum Gasteiger partial charge on any atom is 0.339 e. The van der Waals surface area contributed by atoms with Crippen molar-refractivity contribution in [3.05, 3.63) is 48.0 Å². The van der Waals surface area contributed by atoms with Gasteiger partial charge in [0.1, 0.15) is 5.75 Å². The van der Waals surface area contributed by atoms with Gasteiger partial charge in [-0.25, -0.2) is 4.79 Å². The molecule has 2 aromatic rings. The van der Waals surface area contributed by atoms with Crippen molar-refractivity contribution in [1.82, 2.24) is 0 Å². The zero-order valence-corrected chi connectivity index (χ0v) is 16.5. The molecule has 2 aromatic carbocycles. The number of rotatable bonds is 9. The van der Waals surface area contributed by atoms with Crippen LogP contribution in [0.15, 0.2) is 42.5 Å². The Morgan fingerprint density at radius 2 is 1.64 bits per heavy atom. The number of carbonyl (C=O) groups excluding carboxylic acids is 2. The van der Waals surface area contributed by atoms with Crippen LogP contribution < -0.4 is 19.5 Å². The minimum Gasteiger partial charge on any atom is -0.494 e. The van der Waals surface area contributed by atoms with Crippen molar-refractivity contribution in [3.63, 3.8) is 0 Å². The first-order chi connectivity index (χ1) is 13.5. The highest BCUT2D eigenvalue weighted by atomic mass is 16.5. The molecule has 0 radical (unpaired) electrons. The molecule has 28 heavy (non-hydrogen) atoms. The van der Waals surface area contributed by atoms with Crippen LogP contribution in [0.3, 0.4) is 0 Å². The van der Waals surface area contributed by atoms with E-state index in [0.717, 1.165) is 0 Å². The zero-order chi connectivity index (χ0) is 20.5. The molecule has 7 nitrogen and oxygen atoms in total. The minimum absolute atomic E-state index is 0.268. The summed E-state index contributed by atoms with van der Waals surface area (Å²) in [5, 5.41) is 2.70. The first-order valence-electron chi connectivity index (χ1n) is 9.04. The predicted octanol–water partition coefficient (Wildman–Crippen LogP) is 3.68. The lowest BCUT2D eigenvalue weighted by molar-refractivity contribution is -0.123. The molecule has 0 saturated carbocycles. The normalized spacial score (nSPS) is 11.3. The zero-order valence-electron chi connectivity index (χ0n) is 16.5. The van der Waals surface area contributed by atoms with Gasteiger partial charge in [-0.15, -0.1) is 0 Å². The summed E-state index contributed by atoms with van der Waals surface area (Å²) in [7, 11) is 1.52. The first kappa shape index (κ1) is 21.1. The van der Waals surface area contributed by atoms with Crippen molar-refractivity contribution < 1.29 is 28.5 Å². The van der Waals surface area contributed by atoms with Gasteiger partial charge in [0.25, 0.3) is 5.91 Å². The predicted molar refractivity (Wildman–Crippen MR) is 105 cm³/mol. The summed E-state index contributed by atoms with van der Waals surface area (Å²) < 4.78 is 21.3. The minimum atomic E-state index is -0.975. The lowest BCUT2D eigenvalue weighted by atomic mass is 10.2. The van der Waals surface area contributed by atoms with Crippen LogP contribution in [0.5, 0.6) is 17.2 Å². The van der Waals surface area contributed by atoms with Gasteiger partial charge < -0.3 is 24.3 Å². The number of anilines is 1. The second kappa shape index (κ2) is 10.2. The summed E-state index contributed by atoms with van der Waals surface area (Å²) in [6.07, 6.45) is -0.975. The molecule has 1 amide bonds. The molecule has 1 atom stereocenters. The Hall–Kier alpha value is -3.22. The van der Waals surface area contributed by atoms with Gasteiger partial charge in [-0.1, -0.05) is 0 Å². The van der Waals surface area contributed by atoms with Crippen LogP contribution in [0.25, 0.3) is 0 Å². The van der Waals surface area contributed by atoms with E-state index in [-0.39, 0.29) is 5.56 Å². The quantitative estimate of drug-likeness (QED) is 0.661. The number of esters is 1. The molecule has 0 heterocycles. The molecule has 0 unspecified atom stereocenters. The Labute approximate surface area is 164 Å². The summed E-state index contributed by atoms with van der Waals surface area (Å²) >= 11 is 0. The number of ether oxygens (including phenoxy) is 4. The molecular formula is C21H25NO6. The van der Waals surface area contributed by atoms with E-state index < -0.39 is 18.0 Å². The number of nitrogens with one attached hydrogen (secondary N) is 1. The summed E-state index contributed by atoms with van der Waals surface area (Å²) in [5.74, 6) is 0.601. The number of amides is 1. The highest BCUT2D eigenvalue weighted by molar-refractivity contribution is 5.97. The Bertz CT molecular complexity index is 803. The van der Waals surface area contributed by atoms with Gasteiger partial charge in [-0.05, 0) is 63.2 Å². The summed E-state index contributed by atoms with van der Waals surface area (Å²) in [4.78, 5) is 24.7. The topological polar surface area (TPSA) is 83.1 Å². The van der Waals surface area contributed by atoms with E-state index in [4.69, 9.17) is 18.9 Å². The van der Waals surface area contributed by atoms with Crippen molar-refractivity contribution in [3.8, 4) is 17.2 Å². The molecule has 1 N–H and O–H groups in total. The van der Waals surface area contributed by atoms with E-state index in [0.29, 0.717) is 36.1 Å². The van der Waals surface area contributed by atoms with Crippen molar-refractivity contribution in [2.75, 3.05) is 25.6 Å². The maximum atomic E-state index is 12.4. The molecule has 7 heteroatoms. The van der Waals surface area contributed by atoms with Gasteiger partial charge in [0, 0.05) is 5.69 Å². The Morgan fingerprint density at radius 1 is 0.964 bits per heavy atom. The third-order valence-electron chi connectivity index (χ3n) is 3.79. The standard InChI is InChI=1S/C21H25NO6/c1-5-26-17-10-8-16(9-11-17)22-20(23)14(3)28-21(24)15-7-12-18(25-4)19(13-15)27-6-2/h7-14H,5-6H2,1-4H3,(H,22,23)/t14-/m0/s1. The molecule has 0 spiro atoms. The highest BCUT2D eigenvalue weighted by Gasteiger charge is 2.20. The number of carbonyl (C=O) groups is 2. The van der Waals surface area contributed by atoms with Crippen LogP contribution in [0.4, 0.5) is 5.69 Å². The van der Waals surface area contributed by atoms with Crippen molar-refractivity contribution >= 4 is 17.6 Å². The van der Waals surface area contributed by atoms with Crippen LogP contribution in [0, 0.1) is 0 Å². The second-order valence-electron chi connectivity index (χ2n) is 5.79. The van der Waals surface area contributed by atoms with Gasteiger partial charge in [0.05, 0.1) is 25.9 Å².